The number of carbonyl (C=O) groups excluding carboxylic acids is 1. The highest BCUT2D eigenvalue weighted by Gasteiger charge is 2.27. The molecule has 8 heteroatoms. The van der Waals surface area contributed by atoms with E-state index in [1.807, 2.05) is 0 Å². The molecule has 0 fully saturated rings. The predicted octanol–water partition coefficient (Wildman–Crippen LogP) is 2.80. The van der Waals surface area contributed by atoms with Crippen LogP contribution in [-0.2, 0) is 4.79 Å². The quantitative estimate of drug-likeness (QED) is 0.833. The van der Waals surface area contributed by atoms with Gasteiger partial charge in [-0.2, -0.15) is 13.2 Å². The fraction of sp³-hybridized carbons (Fsp3) is 0.273. The number of alkyl halides is 3. The van der Waals surface area contributed by atoms with Crippen LogP contribution in [-0.4, -0.2) is 23.2 Å². The number of hydrogen-bond acceptors (Lipinski definition) is 2. The van der Waals surface area contributed by atoms with Crippen LogP contribution in [0, 0.1) is 5.82 Å². The van der Waals surface area contributed by atoms with Gasteiger partial charge in [-0.3, -0.25) is 4.79 Å². The highest BCUT2D eigenvalue weighted by Crippen LogP contribution is 2.22. The molecule has 104 valence electrons. The van der Waals surface area contributed by atoms with Crippen molar-refractivity contribution in [3.63, 3.8) is 0 Å². The Morgan fingerprint density at radius 3 is 2.42 bits per heavy atom. The summed E-state index contributed by atoms with van der Waals surface area (Å²) >= 11 is 0. The van der Waals surface area contributed by atoms with E-state index in [2.05, 4.69) is 5.32 Å². The largest absolute Gasteiger partial charge is 0.478 e. The summed E-state index contributed by atoms with van der Waals surface area (Å²) in [5, 5.41) is 10.7. The van der Waals surface area contributed by atoms with Gasteiger partial charge in [0.25, 0.3) is 0 Å². The van der Waals surface area contributed by atoms with E-state index in [0.29, 0.717) is 0 Å². The number of amides is 1. The van der Waals surface area contributed by atoms with Crippen molar-refractivity contribution in [3.8, 4) is 0 Å². The van der Waals surface area contributed by atoms with Gasteiger partial charge in [0.15, 0.2) is 0 Å². The minimum atomic E-state index is -4.45. The second-order valence-corrected chi connectivity index (χ2v) is 3.66. The lowest BCUT2D eigenvalue weighted by molar-refractivity contribution is -0.142. The molecule has 0 aliphatic heterocycles. The Balaban J connectivity index is 2.70. The standard InChI is InChI=1S/C11H9F4NO3/c12-8-2-1-6(5-7(8)10(18)19)16-9(17)3-4-11(13,14)15/h1-2,5H,3-4H2,(H,16,17)(H,18,19). The van der Waals surface area contributed by atoms with Crippen molar-refractivity contribution in [1.82, 2.24) is 0 Å². The fourth-order valence-corrected chi connectivity index (χ4v) is 1.25. The number of carboxylic acid groups (broad SMARTS) is 1. The molecule has 2 N–H and O–H groups in total. The molecule has 1 amide bonds. The molecule has 0 aliphatic rings. The van der Waals surface area contributed by atoms with Crippen LogP contribution in [0.1, 0.15) is 23.2 Å². The van der Waals surface area contributed by atoms with E-state index in [1.54, 1.807) is 0 Å². The van der Waals surface area contributed by atoms with Crippen LogP contribution in [0.5, 0.6) is 0 Å². The van der Waals surface area contributed by atoms with Gasteiger partial charge < -0.3 is 10.4 Å². The van der Waals surface area contributed by atoms with E-state index in [0.717, 1.165) is 18.2 Å². The number of nitrogens with one attached hydrogen (secondary N) is 1. The third-order valence-corrected chi connectivity index (χ3v) is 2.12. The lowest BCUT2D eigenvalue weighted by Gasteiger charge is -2.08. The maximum absolute atomic E-state index is 13.0. The normalized spacial score (nSPS) is 11.2. The molecule has 0 bridgehead atoms. The summed E-state index contributed by atoms with van der Waals surface area (Å²) in [7, 11) is 0. The Morgan fingerprint density at radius 2 is 1.89 bits per heavy atom. The number of aromatic carboxylic acids is 1. The number of halogens is 4. The van der Waals surface area contributed by atoms with Crippen LogP contribution in [0.4, 0.5) is 23.2 Å². The zero-order valence-corrected chi connectivity index (χ0v) is 9.42. The summed E-state index contributed by atoms with van der Waals surface area (Å²) in [4.78, 5) is 21.8. The molecule has 0 unspecified atom stereocenters. The zero-order valence-electron chi connectivity index (χ0n) is 9.42. The van der Waals surface area contributed by atoms with E-state index in [1.165, 1.54) is 0 Å². The molecule has 19 heavy (non-hydrogen) atoms. The molecule has 1 aromatic rings. The van der Waals surface area contributed by atoms with Gasteiger partial charge in [0.1, 0.15) is 5.82 Å². The van der Waals surface area contributed by atoms with Gasteiger partial charge in [-0.15, -0.1) is 0 Å². The van der Waals surface area contributed by atoms with Crippen molar-refractivity contribution in [3.05, 3.63) is 29.6 Å². The Labute approximate surface area is 105 Å². The zero-order chi connectivity index (χ0) is 14.6. The maximum atomic E-state index is 13.0. The molecule has 0 spiro atoms. The van der Waals surface area contributed by atoms with Crippen molar-refractivity contribution < 1.29 is 32.3 Å². The van der Waals surface area contributed by atoms with Crippen molar-refractivity contribution in [2.45, 2.75) is 19.0 Å². The van der Waals surface area contributed by atoms with E-state index < -0.39 is 42.3 Å². The molecule has 1 aromatic carbocycles. The Bertz CT molecular complexity index is 499. The Morgan fingerprint density at radius 1 is 1.26 bits per heavy atom. The molecule has 1 rings (SSSR count). The SMILES string of the molecule is O=C(CCC(F)(F)F)Nc1ccc(F)c(C(=O)O)c1. The van der Waals surface area contributed by atoms with E-state index in [4.69, 9.17) is 5.11 Å². The molecule has 0 heterocycles. The van der Waals surface area contributed by atoms with Gasteiger partial charge in [-0.25, -0.2) is 9.18 Å². The van der Waals surface area contributed by atoms with Crippen molar-refractivity contribution in [2.75, 3.05) is 5.32 Å². The summed E-state index contributed by atoms with van der Waals surface area (Å²) in [5.74, 6) is -3.47. The van der Waals surface area contributed by atoms with Gasteiger partial charge in [0.2, 0.25) is 5.91 Å². The van der Waals surface area contributed by atoms with Crippen LogP contribution < -0.4 is 5.32 Å². The fourth-order valence-electron chi connectivity index (χ4n) is 1.25. The van der Waals surface area contributed by atoms with Crippen LogP contribution >= 0.6 is 0 Å². The molecule has 0 radical (unpaired) electrons. The number of benzene rings is 1. The molecule has 0 aliphatic carbocycles. The first-order valence-corrected chi connectivity index (χ1v) is 5.08. The number of hydrogen-bond donors (Lipinski definition) is 2. The number of carboxylic acids is 1. The summed E-state index contributed by atoms with van der Waals surface area (Å²) in [6.45, 7) is 0. The molecule has 4 nitrogen and oxygen atoms in total. The highest BCUT2D eigenvalue weighted by molar-refractivity contribution is 5.94. The van der Waals surface area contributed by atoms with E-state index in [9.17, 15) is 27.2 Å². The number of anilines is 1. The summed E-state index contributed by atoms with van der Waals surface area (Å²) in [6.07, 6.45) is -6.53. The van der Waals surface area contributed by atoms with Crippen LogP contribution in [0.2, 0.25) is 0 Å². The average molecular weight is 279 g/mol. The average Bonchev–Trinajstić information content (AvgIpc) is 2.28. The number of rotatable bonds is 4. The minimum absolute atomic E-state index is 0.0778. The summed E-state index contributed by atoms with van der Waals surface area (Å²) in [5.41, 5.74) is -0.750. The molecular weight excluding hydrogens is 270 g/mol. The summed E-state index contributed by atoms with van der Waals surface area (Å²) in [6, 6.07) is 2.71. The van der Waals surface area contributed by atoms with Gasteiger partial charge >= 0.3 is 12.1 Å². The molecule has 0 saturated heterocycles. The number of carbonyl (C=O) groups is 2. The smallest absolute Gasteiger partial charge is 0.389 e. The highest BCUT2D eigenvalue weighted by atomic mass is 19.4. The molecule has 0 atom stereocenters. The lowest BCUT2D eigenvalue weighted by atomic mass is 10.2. The van der Waals surface area contributed by atoms with Crippen molar-refractivity contribution in [2.24, 2.45) is 0 Å². The van der Waals surface area contributed by atoms with Gasteiger partial charge in [-0.1, -0.05) is 0 Å². The van der Waals surface area contributed by atoms with Gasteiger partial charge in [0, 0.05) is 12.1 Å². The second kappa shape index (κ2) is 5.68. The Kier molecular flexibility index (Phi) is 4.47. The Hall–Kier alpha value is -2.12. The topological polar surface area (TPSA) is 66.4 Å². The predicted molar refractivity (Wildman–Crippen MR) is 57.3 cm³/mol. The molecule has 0 saturated carbocycles. The van der Waals surface area contributed by atoms with E-state index >= 15 is 0 Å². The van der Waals surface area contributed by atoms with Crippen LogP contribution in [0.15, 0.2) is 18.2 Å². The van der Waals surface area contributed by atoms with Crippen LogP contribution in [0.3, 0.4) is 0 Å². The second-order valence-electron chi connectivity index (χ2n) is 3.66. The first-order chi connectivity index (χ1) is 8.69. The summed E-state index contributed by atoms with van der Waals surface area (Å²) < 4.78 is 48.6. The minimum Gasteiger partial charge on any atom is -0.478 e. The molecular formula is C11H9F4NO3. The lowest BCUT2D eigenvalue weighted by Crippen LogP contribution is -2.17. The van der Waals surface area contributed by atoms with Crippen molar-refractivity contribution in [1.29, 1.82) is 0 Å². The van der Waals surface area contributed by atoms with Crippen molar-refractivity contribution >= 4 is 17.6 Å². The first kappa shape index (κ1) is 14.9. The van der Waals surface area contributed by atoms with E-state index in [-0.39, 0.29) is 5.69 Å². The monoisotopic (exact) mass is 279 g/mol. The first-order valence-electron chi connectivity index (χ1n) is 5.08. The van der Waals surface area contributed by atoms with Crippen LogP contribution in [0.25, 0.3) is 0 Å². The third-order valence-electron chi connectivity index (χ3n) is 2.12. The van der Waals surface area contributed by atoms with Gasteiger partial charge in [-0.05, 0) is 18.2 Å². The molecule has 0 aromatic heterocycles. The maximum Gasteiger partial charge on any atom is 0.389 e. The third kappa shape index (κ3) is 4.94. The van der Waals surface area contributed by atoms with Gasteiger partial charge in [0.05, 0.1) is 12.0 Å².